The van der Waals surface area contributed by atoms with Crippen LogP contribution in [-0.4, -0.2) is 44.6 Å². The van der Waals surface area contributed by atoms with E-state index in [-0.39, 0.29) is 17.4 Å². The molecule has 2 N–H and O–H groups in total. The van der Waals surface area contributed by atoms with Crippen LogP contribution in [0.25, 0.3) is 0 Å². The lowest BCUT2D eigenvalue weighted by Crippen LogP contribution is -2.31. The number of nitrogens with one attached hydrogen (secondary N) is 2. The molecular weight excluding hydrogens is 304 g/mol. The maximum absolute atomic E-state index is 12.9. The van der Waals surface area contributed by atoms with Crippen molar-refractivity contribution in [3.05, 3.63) is 35.5 Å². The maximum atomic E-state index is 12.9. The molecule has 0 aromatic carbocycles. The van der Waals surface area contributed by atoms with E-state index in [1.54, 1.807) is 12.4 Å². The van der Waals surface area contributed by atoms with Gasteiger partial charge in [-0.2, -0.15) is 5.10 Å². The predicted molar refractivity (Wildman–Crippen MR) is 91.9 cm³/mol. The van der Waals surface area contributed by atoms with Gasteiger partial charge in [-0.1, -0.05) is 20.8 Å². The monoisotopic (exact) mass is 328 g/mol. The zero-order valence-electron chi connectivity index (χ0n) is 14.6. The van der Waals surface area contributed by atoms with Gasteiger partial charge in [0.2, 0.25) is 0 Å². The van der Waals surface area contributed by atoms with Gasteiger partial charge in [-0.3, -0.25) is 14.9 Å². The second-order valence-corrected chi connectivity index (χ2v) is 7.15. The molecule has 1 amide bonds. The molecule has 1 atom stereocenters. The number of aromatic nitrogens is 4. The zero-order chi connectivity index (χ0) is 17.3. The molecule has 1 fully saturated rings. The summed E-state index contributed by atoms with van der Waals surface area (Å²) >= 11 is 0. The predicted octanol–water partition coefficient (Wildman–Crippen LogP) is 2.52. The Labute approximate surface area is 141 Å². The Morgan fingerprint density at radius 3 is 2.83 bits per heavy atom. The maximum Gasteiger partial charge on any atom is 0.274 e. The zero-order valence-corrected chi connectivity index (χ0v) is 14.6. The fourth-order valence-electron chi connectivity index (χ4n) is 2.94. The summed E-state index contributed by atoms with van der Waals surface area (Å²) < 4.78 is 0. The number of carbonyl (C=O) groups excluding carboxylic acids is 1. The van der Waals surface area contributed by atoms with Crippen LogP contribution in [0.1, 0.15) is 61.5 Å². The van der Waals surface area contributed by atoms with E-state index in [1.807, 2.05) is 18.0 Å². The van der Waals surface area contributed by atoms with E-state index >= 15 is 0 Å². The van der Waals surface area contributed by atoms with E-state index in [2.05, 4.69) is 46.3 Å². The second kappa shape index (κ2) is 6.22. The van der Waals surface area contributed by atoms with E-state index < -0.39 is 0 Å². The highest BCUT2D eigenvalue weighted by molar-refractivity contribution is 5.93. The first-order valence-electron chi connectivity index (χ1n) is 8.26. The summed E-state index contributed by atoms with van der Waals surface area (Å²) in [5, 5.41) is 10.2. The van der Waals surface area contributed by atoms with Crippen molar-refractivity contribution < 1.29 is 4.79 Å². The molecule has 0 spiro atoms. The Morgan fingerprint density at radius 1 is 1.38 bits per heavy atom. The first kappa shape index (κ1) is 16.4. The highest BCUT2D eigenvalue weighted by atomic mass is 16.2. The van der Waals surface area contributed by atoms with Gasteiger partial charge in [0.05, 0.1) is 24.1 Å². The summed E-state index contributed by atoms with van der Waals surface area (Å²) in [4.78, 5) is 23.5. The molecule has 2 aromatic heterocycles. The van der Waals surface area contributed by atoms with Gasteiger partial charge in [0.1, 0.15) is 11.5 Å². The third-order valence-corrected chi connectivity index (χ3v) is 4.37. The first-order chi connectivity index (χ1) is 11.4. The minimum atomic E-state index is -0.0669. The lowest BCUT2D eigenvalue weighted by Gasteiger charge is -2.23. The fraction of sp³-hybridized carbons (Fsp3) is 0.529. The number of amides is 1. The molecule has 1 aliphatic rings. The van der Waals surface area contributed by atoms with Crippen molar-refractivity contribution in [3.63, 3.8) is 0 Å². The summed E-state index contributed by atoms with van der Waals surface area (Å²) in [6.07, 6.45) is 5.26. The van der Waals surface area contributed by atoms with Crippen LogP contribution < -0.4 is 5.32 Å². The van der Waals surface area contributed by atoms with E-state index in [0.717, 1.165) is 24.2 Å². The van der Waals surface area contributed by atoms with E-state index in [0.29, 0.717) is 18.1 Å². The van der Waals surface area contributed by atoms with Crippen LogP contribution in [-0.2, 0) is 5.41 Å². The quantitative estimate of drug-likeness (QED) is 0.904. The van der Waals surface area contributed by atoms with E-state index in [9.17, 15) is 4.79 Å². The molecule has 1 aliphatic heterocycles. The number of anilines is 1. The van der Waals surface area contributed by atoms with Gasteiger partial charge in [0.15, 0.2) is 0 Å². The minimum Gasteiger partial charge on any atom is -0.372 e. The number of hydrogen-bond acceptors (Lipinski definition) is 5. The lowest BCUT2D eigenvalue weighted by atomic mass is 9.92. The summed E-state index contributed by atoms with van der Waals surface area (Å²) in [6.45, 7) is 6.98. The largest absolute Gasteiger partial charge is 0.372 e. The molecule has 1 saturated heterocycles. The molecule has 0 aliphatic carbocycles. The number of H-pyrrole nitrogens is 1. The molecule has 7 nitrogen and oxygen atoms in total. The molecule has 7 heteroatoms. The van der Waals surface area contributed by atoms with Crippen LogP contribution in [0.2, 0.25) is 0 Å². The summed E-state index contributed by atoms with van der Waals surface area (Å²) in [5.41, 5.74) is 2.17. The van der Waals surface area contributed by atoms with Crippen LogP contribution in [0.3, 0.4) is 0 Å². The Morgan fingerprint density at radius 2 is 2.17 bits per heavy atom. The van der Waals surface area contributed by atoms with Gasteiger partial charge in [-0.05, 0) is 18.9 Å². The highest BCUT2D eigenvalue weighted by Gasteiger charge is 2.33. The van der Waals surface area contributed by atoms with E-state index in [1.165, 1.54) is 0 Å². The van der Waals surface area contributed by atoms with Crippen LogP contribution in [0.5, 0.6) is 0 Å². The lowest BCUT2D eigenvalue weighted by molar-refractivity contribution is 0.0726. The summed E-state index contributed by atoms with van der Waals surface area (Å²) in [5.74, 6) is 0.655. The Hall–Kier alpha value is -2.44. The fourth-order valence-corrected chi connectivity index (χ4v) is 2.94. The van der Waals surface area contributed by atoms with Crippen LogP contribution in [0, 0.1) is 0 Å². The molecule has 0 saturated carbocycles. The third kappa shape index (κ3) is 3.11. The first-order valence-corrected chi connectivity index (χ1v) is 8.26. The number of nitrogens with zero attached hydrogens (tertiary/aromatic N) is 4. The number of aromatic amines is 1. The van der Waals surface area contributed by atoms with Crippen LogP contribution in [0.4, 0.5) is 5.82 Å². The van der Waals surface area contributed by atoms with Gasteiger partial charge in [0.25, 0.3) is 5.91 Å². The molecule has 3 heterocycles. The Bertz CT molecular complexity index is 733. The molecule has 128 valence electrons. The van der Waals surface area contributed by atoms with Gasteiger partial charge < -0.3 is 10.2 Å². The van der Waals surface area contributed by atoms with Crippen molar-refractivity contribution in [1.82, 2.24) is 25.1 Å². The summed E-state index contributed by atoms with van der Waals surface area (Å²) in [6, 6.07) is 1.81. The average molecular weight is 328 g/mol. The van der Waals surface area contributed by atoms with E-state index in [4.69, 9.17) is 0 Å². The van der Waals surface area contributed by atoms with Gasteiger partial charge in [0, 0.05) is 24.7 Å². The number of rotatable bonds is 3. The average Bonchev–Trinajstić information content (AvgIpc) is 3.23. The molecule has 1 unspecified atom stereocenters. The van der Waals surface area contributed by atoms with Crippen LogP contribution in [0.15, 0.2) is 18.5 Å². The van der Waals surface area contributed by atoms with Crippen molar-refractivity contribution >= 4 is 11.7 Å². The third-order valence-electron chi connectivity index (χ3n) is 4.37. The molecule has 0 radical (unpaired) electrons. The molecule has 2 aromatic rings. The molecule has 0 bridgehead atoms. The Balaban J connectivity index is 1.84. The topological polar surface area (TPSA) is 86.8 Å². The normalized spacial score (nSPS) is 18.0. The minimum absolute atomic E-state index is 0.0481. The SMILES string of the molecule is CNc1cncc(C2CCCN2C(=O)c2cc(C(C)(C)C)[nH]n2)n1. The standard InChI is InChI=1S/C17H24N6O/c1-17(2,3)14-8-11(21-22-14)16(24)23-7-5-6-13(23)12-9-19-10-15(18-4)20-12/h8-10,13H,5-7H2,1-4H3,(H,18,20)(H,21,22). The Kier molecular flexibility index (Phi) is 4.26. The number of likely N-dealkylation sites (tertiary alicyclic amines) is 1. The van der Waals surface area contributed by atoms with Gasteiger partial charge in [-0.15, -0.1) is 0 Å². The van der Waals surface area contributed by atoms with Crippen molar-refractivity contribution in [3.8, 4) is 0 Å². The van der Waals surface area contributed by atoms with Crippen molar-refractivity contribution in [2.24, 2.45) is 0 Å². The van der Waals surface area contributed by atoms with Crippen molar-refractivity contribution in [2.75, 3.05) is 18.9 Å². The highest BCUT2D eigenvalue weighted by Crippen LogP contribution is 2.32. The second-order valence-electron chi connectivity index (χ2n) is 7.15. The van der Waals surface area contributed by atoms with Crippen molar-refractivity contribution in [2.45, 2.75) is 45.1 Å². The molecule has 24 heavy (non-hydrogen) atoms. The number of carbonyl (C=O) groups is 1. The van der Waals surface area contributed by atoms with Gasteiger partial charge in [-0.25, -0.2) is 4.98 Å². The van der Waals surface area contributed by atoms with Crippen molar-refractivity contribution in [1.29, 1.82) is 0 Å². The van der Waals surface area contributed by atoms with Crippen LogP contribution >= 0.6 is 0 Å². The smallest absolute Gasteiger partial charge is 0.274 e. The number of hydrogen-bond donors (Lipinski definition) is 2. The molecular formula is C17H24N6O. The van der Waals surface area contributed by atoms with Gasteiger partial charge >= 0.3 is 0 Å². The summed E-state index contributed by atoms with van der Waals surface area (Å²) in [7, 11) is 1.81. The molecule has 3 rings (SSSR count).